The highest BCUT2D eigenvalue weighted by Gasteiger charge is 2.19. The second kappa shape index (κ2) is 2.24. The fourth-order valence-corrected chi connectivity index (χ4v) is 0.715. The maximum atomic E-state index is 10.1. The van der Waals surface area contributed by atoms with E-state index in [-0.39, 0.29) is 6.23 Å². The van der Waals surface area contributed by atoms with Crippen LogP contribution in [0.25, 0.3) is 0 Å². The lowest BCUT2D eigenvalue weighted by Crippen LogP contribution is -2.26. The third-order valence-corrected chi connectivity index (χ3v) is 1.28. The van der Waals surface area contributed by atoms with E-state index >= 15 is 0 Å². The first-order valence-corrected chi connectivity index (χ1v) is 2.62. The predicted molar refractivity (Wildman–Crippen MR) is 28.4 cm³/mol. The van der Waals surface area contributed by atoms with Gasteiger partial charge < -0.3 is 4.74 Å². The molecule has 1 saturated heterocycles. The van der Waals surface area contributed by atoms with Crippen molar-refractivity contribution in [2.24, 2.45) is 0 Å². The van der Waals surface area contributed by atoms with E-state index < -0.39 is 0 Å². The largest absolute Gasteiger partial charge is 0.355 e. The fraction of sp³-hybridized carbons (Fsp3) is 0.800. The van der Waals surface area contributed by atoms with Crippen molar-refractivity contribution in [1.29, 1.82) is 0 Å². The van der Waals surface area contributed by atoms with E-state index in [4.69, 9.17) is 4.74 Å². The topological polar surface area (TPSA) is 29.5 Å². The van der Waals surface area contributed by atoms with Crippen LogP contribution in [0.4, 0.5) is 0 Å². The van der Waals surface area contributed by atoms with Crippen LogP contribution in [0.5, 0.6) is 0 Å². The Bertz CT molecular complexity index is 94.4. The number of hydrogen-bond acceptors (Lipinski definition) is 3. The van der Waals surface area contributed by atoms with Gasteiger partial charge in [-0.15, -0.1) is 0 Å². The average molecular weight is 115 g/mol. The Hall–Kier alpha value is -0.410. The molecule has 0 aliphatic carbocycles. The summed E-state index contributed by atoms with van der Waals surface area (Å²) in [5.41, 5.74) is 0. The molecule has 1 unspecified atom stereocenters. The molecule has 1 rings (SSSR count). The van der Waals surface area contributed by atoms with Gasteiger partial charge in [0.1, 0.15) is 0 Å². The molecule has 1 atom stereocenters. The highest BCUT2D eigenvalue weighted by atomic mass is 16.5. The van der Waals surface area contributed by atoms with E-state index in [1.165, 1.54) is 0 Å². The van der Waals surface area contributed by atoms with Crippen molar-refractivity contribution < 1.29 is 9.53 Å². The maximum Gasteiger partial charge on any atom is 0.166 e. The van der Waals surface area contributed by atoms with E-state index in [1.54, 1.807) is 0 Å². The molecule has 8 heavy (non-hydrogen) atoms. The standard InChI is InChI=1S/C5H9NO2/c1-6-2-3-8-5(6)4-7/h4-5H,2-3H2,1H3. The second-order valence-electron chi connectivity index (χ2n) is 1.88. The summed E-state index contributed by atoms with van der Waals surface area (Å²) in [6.07, 6.45) is 0.530. The fourth-order valence-electron chi connectivity index (χ4n) is 0.715. The molecule has 3 heteroatoms. The lowest BCUT2D eigenvalue weighted by molar-refractivity contribution is -0.120. The van der Waals surface area contributed by atoms with Crippen LogP contribution < -0.4 is 0 Å². The first kappa shape index (κ1) is 5.72. The molecular formula is C5H9NO2. The summed E-state index contributed by atoms with van der Waals surface area (Å²) >= 11 is 0. The zero-order valence-electron chi connectivity index (χ0n) is 4.83. The van der Waals surface area contributed by atoms with Crippen LogP contribution in [0.3, 0.4) is 0 Å². The maximum absolute atomic E-state index is 10.1. The van der Waals surface area contributed by atoms with Gasteiger partial charge in [-0.1, -0.05) is 0 Å². The van der Waals surface area contributed by atoms with Crippen molar-refractivity contribution in [2.45, 2.75) is 6.23 Å². The van der Waals surface area contributed by atoms with Crippen molar-refractivity contribution in [1.82, 2.24) is 4.90 Å². The second-order valence-corrected chi connectivity index (χ2v) is 1.88. The molecule has 0 bridgehead atoms. The summed E-state index contributed by atoms with van der Waals surface area (Å²) in [5, 5.41) is 0. The summed E-state index contributed by atoms with van der Waals surface area (Å²) < 4.78 is 4.97. The molecule has 3 nitrogen and oxygen atoms in total. The smallest absolute Gasteiger partial charge is 0.166 e. The minimum Gasteiger partial charge on any atom is -0.355 e. The summed E-state index contributed by atoms with van der Waals surface area (Å²) in [5.74, 6) is 0. The van der Waals surface area contributed by atoms with Crippen molar-refractivity contribution in [3.05, 3.63) is 0 Å². The lowest BCUT2D eigenvalue weighted by atomic mass is 10.6. The van der Waals surface area contributed by atoms with E-state index in [0.29, 0.717) is 6.61 Å². The van der Waals surface area contributed by atoms with Crippen molar-refractivity contribution in [3.8, 4) is 0 Å². The molecule has 0 aromatic rings. The van der Waals surface area contributed by atoms with Gasteiger partial charge >= 0.3 is 0 Å². The number of rotatable bonds is 1. The molecule has 0 radical (unpaired) electrons. The van der Waals surface area contributed by atoms with Gasteiger partial charge in [-0.2, -0.15) is 0 Å². The zero-order chi connectivity index (χ0) is 5.98. The van der Waals surface area contributed by atoms with E-state index in [1.807, 2.05) is 11.9 Å². The molecule has 46 valence electrons. The number of ether oxygens (including phenoxy) is 1. The summed E-state index contributed by atoms with van der Waals surface area (Å²) in [4.78, 5) is 11.9. The van der Waals surface area contributed by atoms with Gasteiger partial charge in [-0.05, 0) is 7.05 Å². The number of likely N-dealkylation sites (N-methyl/N-ethyl adjacent to an activating group) is 1. The molecule has 1 aliphatic heterocycles. The van der Waals surface area contributed by atoms with E-state index in [0.717, 1.165) is 12.8 Å². The van der Waals surface area contributed by atoms with Crippen molar-refractivity contribution in [2.75, 3.05) is 20.2 Å². The molecule has 0 spiro atoms. The van der Waals surface area contributed by atoms with Crippen LogP contribution in [-0.2, 0) is 9.53 Å². The van der Waals surface area contributed by atoms with Crippen LogP contribution in [0.2, 0.25) is 0 Å². The number of aldehydes is 1. The minimum atomic E-state index is -0.282. The normalized spacial score (nSPS) is 30.9. The Kier molecular flexibility index (Phi) is 1.60. The van der Waals surface area contributed by atoms with Gasteiger partial charge in [0.15, 0.2) is 12.5 Å². The van der Waals surface area contributed by atoms with Crippen LogP contribution in [0, 0.1) is 0 Å². The van der Waals surface area contributed by atoms with Crippen molar-refractivity contribution in [3.63, 3.8) is 0 Å². The van der Waals surface area contributed by atoms with Crippen LogP contribution >= 0.6 is 0 Å². The third kappa shape index (κ3) is 0.877. The SMILES string of the molecule is CN1CCOC1C=O. The van der Waals surface area contributed by atoms with Gasteiger partial charge in [-0.25, -0.2) is 0 Å². The molecule has 1 fully saturated rings. The average Bonchev–Trinajstić information content (AvgIpc) is 2.14. The van der Waals surface area contributed by atoms with Crippen molar-refractivity contribution >= 4 is 6.29 Å². The number of nitrogens with zero attached hydrogens (tertiary/aromatic N) is 1. The Balaban J connectivity index is 2.41. The van der Waals surface area contributed by atoms with E-state index in [2.05, 4.69) is 0 Å². The number of carbonyl (C=O) groups is 1. The number of hydrogen-bond donors (Lipinski definition) is 0. The molecule has 0 N–H and O–H groups in total. The van der Waals surface area contributed by atoms with Gasteiger partial charge in [0.05, 0.1) is 6.61 Å². The van der Waals surface area contributed by atoms with Gasteiger partial charge in [0, 0.05) is 6.54 Å². The van der Waals surface area contributed by atoms with E-state index in [9.17, 15) is 4.79 Å². The van der Waals surface area contributed by atoms with Gasteiger partial charge in [0.25, 0.3) is 0 Å². The predicted octanol–water partition coefficient (Wildman–Crippen LogP) is -0.527. The highest BCUT2D eigenvalue weighted by Crippen LogP contribution is 2.02. The minimum absolute atomic E-state index is 0.282. The lowest BCUT2D eigenvalue weighted by Gasteiger charge is -2.09. The van der Waals surface area contributed by atoms with Crippen LogP contribution in [0.15, 0.2) is 0 Å². The summed E-state index contributed by atoms with van der Waals surface area (Å²) in [6, 6.07) is 0. The van der Waals surface area contributed by atoms with Gasteiger partial charge in [0.2, 0.25) is 0 Å². The Morgan fingerprint density at radius 2 is 2.62 bits per heavy atom. The molecule has 0 aromatic carbocycles. The monoisotopic (exact) mass is 115 g/mol. The Morgan fingerprint density at radius 1 is 1.88 bits per heavy atom. The quantitative estimate of drug-likeness (QED) is 0.430. The van der Waals surface area contributed by atoms with Crippen LogP contribution in [0.1, 0.15) is 0 Å². The molecular weight excluding hydrogens is 106 g/mol. The first-order chi connectivity index (χ1) is 3.84. The Labute approximate surface area is 48.2 Å². The molecule has 0 aromatic heterocycles. The third-order valence-electron chi connectivity index (χ3n) is 1.28. The van der Waals surface area contributed by atoms with Crippen LogP contribution in [-0.4, -0.2) is 37.6 Å². The molecule has 1 aliphatic rings. The zero-order valence-corrected chi connectivity index (χ0v) is 4.83. The molecule has 0 saturated carbocycles. The van der Waals surface area contributed by atoms with Gasteiger partial charge in [-0.3, -0.25) is 9.69 Å². The first-order valence-electron chi connectivity index (χ1n) is 2.62. The summed E-state index contributed by atoms with van der Waals surface area (Å²) in [7, 11) is 1.87. The molecule has 1 heterocycles. The highest BCUT2D eigenvalue weighted by molar-refractivity contribution is 5.55. The Morgan fingerprint density at radius 3 is 2.88 bits per heavy atom. The number of carbonyl (C=O) groups excluding carboxylic acids is 1. The summed E-state index contributed by atoms with van der Waals surface area (Å²) in [6.45, 7) is 1.54. The molecule has 0 amide bonds.